The van der Waals surface area contributed by atoms with Gasteiger partial charge in [0.15, 0.2) is 11.4 Å². The maximum atomic E-state index is 13.4. The standard InChI is InChI=1S/C21H21FN2O3/c1-14-4-3-9-23(12-14)13-24-18-8-7-16(11-19(18)27-21(24)26)20(25)15-5-2-6-17(22)10-15/h2,5-8,10-11,14H,3-4,9,12-13H2,1H3. The lowest BCUT2D eigenvalue weighted by atomic mass is 10.0. The van der Waals surface area contributed by atoms with Crippen LogP contribution in [0.4, 0.5) is 4.39 Å². The molecule has 0 aliphatic carbocycles. The number of nitrogens with zero attached hydrogens (tertiary/aromatic N) is 2. The number of likely N-dealkylation sites (tertiary alicyclic amines) is 1. The van der Waals surface area contributed by atoms with Crippen molar-refractivity contribution in [3.63, 3.8) is 0 Å². The molecule has 4 rings (SSSR count). The molecule has 1 fully saturated rings. The monoisotopic (exact) mass is 368 g/mol. The minimum Gasteiger partial charge on any atom is -0.408 e. The Balaban J connectivity index is 1.64. The lowest BCUT2D eigenvalue weighted by Gasteiger charge is -2.30. The number of carbonyl (C=O) groups is 1. The molecule has 5 nitrogen and oxygen atoms in total. The summed E-state index contributed by atoms with van der Waals surface area (Å²) in [7, 11) is 0. The van der Waals surface area contributed by atoms with Crippen LogP contribution in [-0.2, 0) is 6.67 Å². The molecule has 1 saturated heterocycles. The average Bonchev–Trinajstić information content (AvgIpc) is 2.96. The molecule has 0 spiro atoms. The Hall–Kier alpha value is -2.73. The zero-order valence-electron chi connectivity index (χ0n) is 15.2. The second-order valence-corrected chi connectivity index (χ2v) is 7.28. The summed E-state index contributed by atoms with van der Waals surface area (Å²) in [5.74, 6) is -0.589. The quantitative estimate of drug-likeness (QED) is 0.660. The first kappa shape index (κ1) is 17.7. The third-order valence-electron chi connectivity index (χ3n) is 5.10. The van der Waals surface area contributed by atoms with Crippen molar-refractivity contribution >= 4 is 16.9 Å². The number of benzene rings is 2. The third-order valence-corrected chi connectivity index (χ3v) is 5.10. The molecule has 1 atom stereocenters. The van der Waals surface area contributed by atoms with Crippen LogP contribution in [0, 0.1) is 11.7 Å². The normalized spacial score (nSPS) is 18.1. The SMILES string of the molecule is CC1CCCN(Cn2c(=O)oc3cc(C(=O)c4cccc(F)c4)ccc32)C1. The molecule has 1 aliphatic heterocycles. The molecule has 2 heterocycles. The maximum Gasteiger partial charge on any atom is 0.421 e. The summed E-state index contributed by atoms with van der Waals surface area (Å²) in [5.41, 5.74) is 1.65. The van der Waals surface area contributed by atoms with Crippen LogP contribution in [0.15, 0.2) is 51.7 Å². The third kappa shape index (κ3) is 3.57. The minimum absolute atomic E-state index is 0.262. The largest absolute Gasteiger partial charge is 0.421 e. The van der Waals surface area contributed by atoms with Crippen LogP contribution < -0.4 is 5.76 Å². The van der Waals surface area contributed by atoms with E-state index in [1.165, 1.54) is 24.6 Å². The number of ketones is 1. The van der Waals surface area contributed by atoms with Crippen molar-refractivity contribution in [3.05, 3.63) is 70.0 Å². The molecular formula is C21H21FN2O3. The zero-order chi connectivity index (χ0) is 19.0. The van der Waals surface area contributed by atoms with Crippen molar-refractivity contribution in [2.24, 2.45) is 5.92 Å². The van der Waals surface area contributed by atoms with Crippen molar-refractivity contribution in [2.75, 3.05) is 13.1 Å². The number of halogens is 1. The molecule has 27 heavy (non-hydrogen) atoms. The van der Waals surface area contributed by atoms with Crippen LogP contribution in [-0.4, -0.2) is 28.3 Å². The van der Waals surface area contributed by atoms with Crippen LogP contribution in [0.25, 0.3) is 11.1 Å². The molecule has 0 amide bonds. The second kappa shape index (κ2) is 7.12. The predicted octanol–water partition coefficient (Wildman–Crippen LogP) is 3.65. The predicted molar refractivity (Wildman–Crippen MR) is 100 cm³/mol. The van der Waals surface area contributed by atoms with Crippen LogP contribution in [0.5, 0.6) is 0 Å². The van der Waals surface area contributed by atoms with E-state index in [1.807, 2.05) is 0 Å². The van der Waals surface area contributed by atoms with Crippen LogP contribution >= 0.6 is 0 Å². The molecule has 6 heteroatoms. The van der Waals surface area contributed by atoms with E-state index in [4.69, 9.17) is 4.42 Å². The van der Waals surface area contributed by atoms with Gasteiger partial charge < -0.3 is 4.42 Å². The first-order valence-corrected chi connectivity index (χ1v) is 9.17. The maximum absolute atomic E-state index is 13.4. The molecule has 1 aliphatic rings. The van der Waals surface area contributed by atoms with Gasteiger partial charge in [0.1, 0.15) is 5.82 Å². The highest BCUT2D eigenvalue weighted by Gasteiger charge is 2.20. The van der Waals surface area contributed by atoms with Gasteiger partial charge in [-0.05, 0) is 55.6 Å². The second-order valence-electron chi connectivity index (χ2n) is 7.28. The van der Waals surface area contributed by atoms with Gasteiger partial charge in [0.05, 0.1) is 12.2 Å². The topological polar surface area (TPSA) is 55.5 Å². The van der Waals surface area contributed by atoms with Gasteiger partial charge in [-0.1, -0.05) is 19.1 Å². The number of oxazole rings is 1. The number of fused-ring (bicyclic) bond motifs is 1. The van der Waals surface area contributed by atoms with Gasteiger partial charge in [0.25, 0.3) is 0 Å². The summed E-state index contributed by atoms with van der Waals surface area (Å²) < 4.78 is 20.4. The molecule has 2 aromatic carbocycles. The first-order chi connectivity index (χ1) is 13.0. The van der Waals surface area contributed by atoms with E-state index in [9.17, 15) is 14.0 Å². The minimum atomic E-state index is -0.463. The van der Waals surface area contributed by atoms with E-state index in [0.29, 0.717) is 29.2 Å². The van der Waals surface area contributed by atoms with Crippen molar-refractivity contribution in [1.82, 2.24) is 9.47 Å². The fourth-order valence-corrected chi connectivity index (χ4v) is 3.75. The summed E-state index contributed by atoms with van der Waals surface area (Å²) in [6.07, 6.45) is 2.33. The smallest absolute Gasteiger partial charge is 0.408 e. The van der Waals surface area contributed by atoms with Gasteiger partial charge in [-0.2, -0.15) is 0 Å². The van der Waals surface area contributed by atoms with Crippen LogP contribution in [0.3, 0.4) is 0 Å². The van der Waals surface area contributed by atoms with E-state index < -0.39 is 11.6 Å². The fourth-order valence-electron chi connectivity index (χ4n) is 3.75. The summed E-state index contributed by atoms with van der Waals surface area (Å²) in [6.45, 7) is 4.61. The number of hydrogen-bond acceptors (Lipinski definition) is 4. The number of hydrogen-bond donors (Lipinski definition) is 0. The number of rotatable bonds is 4. The summed E-state index contributed by atoms with van der Waals surface area (Å²) >= 11 is 0. The lowest BCUT2D eigenvalue weighted by Crippen LogP contribution is -2.37. The van der Waals surface area contributed by atoms with Crippen LogP contribution in [0.1, 0.15) is 35.7 Å². The van der Waals surface area contributed by atoms with E-state index >= 15 is 0 Å². The Kier molecular flexibility index (Phi) is 4.66. The van der Waals surface area contributed by atoms with E-state index in [1.54, 1.807) is 28.8 Å². The highest BCUT2D eigenvalue weighted by molar-refractivity contribution is 6.10. The molecule has 0 N–H and O–H groups in total. The first-order valence-electron chi connectivity index (χ1n) is 9.17. The molecular weight excluding hydrogens is 347 g/mol. The van der Waals surface area contributed by atoms with Gasteiger partial charge in [0.2, 0.25) is 0 Å². The molecule has 140 valence electrons. The summed E-state index contributed by atoms with van der Waals surface area (Å²) in [5, 5.41) is 0. The molecule has 1 unspecified atom stereocenters. The van der Waals surface area contributed by atoms with Gasteiger partial charge in [-0.15, -0.1) is 0 Å². The van der Waals surface area contributed by atoms with Gasteiger partial charge in [0, 0.05) is 17.7 Å². The number of piperidine rings is 1. The van der Waals surface area contributed by atoms with Gasteiger partial charge in [-0.25, -0.2) is 9.18 Å². The Morgan fingerprint density at radius 1 is 1.22 bits per heavy atom. The lowest BCUT2D eigenvalue weighted by molar-refractivity contribution is 0.103. The molecule has 1 aromatic heterocycles. The van der Waals surface area contributed by atoms with Crippen molar-refractivity contribution in [2.45, 2.75) is 26.4 Å². The fraction of sp³-hybridized carbons (Fsp3) is 0.333. The van der Waals surface area contributed by atoms with E-state index in [2.05, 4.69) is 11.8 Å². The molecule has 0 radical (unpaired) electrons. The highest BCUT2D eigenvalue weighted by atomic mass is 19.1. The van der Waals surface area contributed by atoms with E-state index in [0.717, 1.165) is 19.5 Å². The Morgan fingerprint density at radius 2 is 2.04 bits per heavy atom. The van der Waals surface area contributed by atoms with Gasteiger partial charge >= 0.3 is 5.76 Å². The van der Waals surface area contributed by atoms with Gasteiger partial charge in [-0.3, -0.25) is 14.3 Å². The Bertz CT molecular complexity index is 1050. The van der Waals surface area contributed by atoms with Crippen molar-refractivity contribution in [3.8, 4) is 0 Å². The summed E-state index contributed by atoms with van der Waals surface area (Å²) in [6, 6.07) is 10.5. The van der Waals surface area contributed by atoms with Crippen LogP contribution in [0.2, 0.25) is 0 Å². The highest BCUT2D eigenvalue weighted by Crippen LogP contribution is 2.20. The zero-order valence-corrected chi connectivity index (χ0v) is 15.2. The Labute approximate surface area is 156 Å². The molecule has 0 bridgehead atoms. The molecule has 3 aromatic rings. The number of aromatic nitrogens is 1. The van der Waals surface area contributed by atoms with E-state index in [-0.39, 0.29) is 11.3 Å². The number of carbonyl (C=O) groups excluding carboxylic acids is 1. The summed E-state index contributed by atoms with van der Waals surface area (Å²) in [4.78, 5) is 27.2. The average molecular weight is 368 g/mol. The molecule has 0 saturated carbocycles. The Morgan fingerprint density at radius 3 is 2.81 bits per heavy atom. The van der Waals surface area contributed by atoms with Crippen molar-refractivity contribution < 1.29 is 13.6 Å². The van der Waals surface area contributed by atoms with Crippen molar-refractivity contribution in [1.29, 1.82) is 0 Å².